The molecule has 34 heavy (non-hydrogen) atoms. The van der Waals surface area contributed by atoms with Crippen LogP contribution in [0.15, 0.2) is 34.3 Å². The van der Waals surface area contributed by atoms with E-state index in [0.29, 0.717) is 16.2 Å². The second-order valence-corrected chi connectivity index (χ2v) is 9.37. The lowest BCUT2D eigenvalue weighted by molar-refractivity contribution is -0.146. The third-order valence-electron chi connectivity index (χ3n) is 5.90. The van der Waals surface area contributed by atoms with E-state index >= 15 is 0 Å². The number of aliphatic carboxylic acids is 1. The molecule has 2 fully saturated rings. The van der Waals surface area contributed by atoms with E-state index in [-0.39, 0.29) is 23.3 Å². The van der Waals surface area contributed by atoms with E-state index in [9.17, 15) is 33.3 Å². The standard InChI is InChI=1S/C20H19F3N6O4S/c21-20(22,23)8-1-5-10(6-2-8)34-19-25-16(24-9-3-4-9)13-17(26-19)29(28-27-13)12-7-11(18(32)33)14(30)15(12)31/h1-2,5-6,9,11-12,14-15,30-31H,3-4,7H2,(H,32,33)(H,24,25,26)/t11-,12+,14+,15-/m0/s1. The van der Waals surface area contributed by atoms with Crippen molar-refractivity contribution in [3.63, 3.8) is 0 Å². The predicted molar refractivity (Wildman–Crippen MR) is 112 cm³/mol. The maximum atomic E-state index is 12.9. The Morgan fingerprint density at radius 2 is 1.82 bits per heavy atom. The number of aliphatic hydroxyl groups is 2. The van der Waals surface area contributed by atoms with Gasteiger partial charge in [-0.25, -0.2) is 14.6 Å². The number of nitrogens with zero attached hydrogens (tertiary/aromatic N) is 5. The monoisotopic (exact) mass is 496 g/mol. The average molecular weight is 496 g/mol. The Morgan fingerprint density at radius 1 is 1.12 bits per heavy atom. The Balaban J connectivity index is 1.51. The smallest absolute Gasteiger partial charge is 0.416 e. The first kappa shape index (κ1) is 22.8. The van der Waals surface area contributed by atoms with Crippen LogP contribution in [0.5, 0.6) is 0 Å². The van der Waals surface area contributed by atoms with Crippen LogP contribution in [-0.4, -0.2) is 64.5 Å². The number of aromatic nitrogens is 5. The zero-order chi connectivity index (χ0) is 24.2. The molecule has 4 N–H and O–H groups in total. The summed E-state index contributed by atoms with van der Waals surface area (Å²) in [7, 11) is 0. The summed E-state index contributed by atoms with van der Waals surface area (Å²) in [6.45, 7) is 0. The molecule has 2 aliphatic rings. The van der Waals surface area contributed by atoms with E-state index < -0.39 is 41.9 Å². The molecule has 0 bridgehead atoms. The minimum atomic E-state index is -4.45. The number of benzene rings is 1. The quantitative estimate of drug-likeness (QED) is 0.375. The van der Waals surface area contributed by atoms with Crippen LogP contribution in [0, 0.1) is 5.92 Å². The Morgan fingerprint density at radius 3 is 2.41 bits per heavy atom. The molecule has 14 heteroatoms. The first-order valence-corrected chi connectivity index (χ1v) is 11.3. The molecule has 4 atom stereocenters. The number of hydrogen-bond acceptors (Lipinski definition) is 9. The summed E-state index contributed by atoms with van der Waals surface area (Å²) in [5.41, 5.74) is -0.243. The zero-order valence-electron chi connectivity index (χ0n) is 17.3. The van der Waals surface area contributed by atoms with Crippen LogP contribution in [0.1, 0.15) is 30.9 Å². The minimum absolute atomic E-state index is 0.0765. The molecule has 0 spiro atoms. The van der Waals surface area contributed by atoms with Crippen molar-refractivity contribution in [3.05, 3.63) is 29.8 Å². The summed E-state index contributed by atoms with van der Waals surface area (Å²) in [6, 6.07) is 3.89. The normalized spacial score (nSPS) is 25.1. The Labute approximate surface area is 194 Å². The summed E-state index contributed by atoms with van der Waals surface area (Å²) in [5, 5.41) is 41.6. The van der Waals surface area contributed by atoms with Crippen LogP contribution in [-0.2, 0) is 11.0 Å². The van der Waals surface area contributed by atoms with Crippen molar-refractivity contribution in [2.45, 2.75) is 59.8 Å². The van der Waals surface area contributed by atoms with Crippen molar-refractivity contribution >= 4 is 34.7 Å². The molecular weight excluding hydrogens is 477 g/mol. The third kappa shape index (κ3) is 4.28. The van der Waals surface area contributed by atoms with Crippen LogP contribution in [0.2, 0.25) is 0 Å². The number of carboxylic acids is 1. The van der Waals surface area contributed by atoms with Gasteiger partial charge < -0.3 is 20.6 Å². The van der Waals surface area contributed by atoms with Crippen molar-refractivity contribution in [1.82, 2.24) is 25.0 Å². The molecule has 0 aliphatic heterocycles. The largest absolute Gasteiger partial charge is 0.481 e. The zero-order valence-corrected chi connectivity index (χ0v) is 18.2. The number of anilines is 1. The first-order chi connectivity index (χ1) is 16.1. The topological polar surface area (TPSA) is 146 Å². The highest BCUT2D eigenvalue weighted by atomic mass is 32.2. The van der Waals surface area contributed by atoms with Gasteiger partial charge in [0.05, 0.1) is 23.6 Å². The number of hydrogen-bond donors (Lipinski definition) is 4. The highest BCUT2D eigenvalue weighted by Gasteiger charge is 2.47. The predicted octanol–water partition coefficient (Wildman–Crippen LogP) is 2.33. The number of carboxylic acid groups (broad SMARTS) is 1. The lowest BCUT2D eigenvalue weighted by Crippen LogP contribution is -2.32. The summed E-state index contributed by atoms with van der Waals surface area (Å²) in [4.78, 5) is 20.8. The van der Waals surface area contributed by atoms with E-state index in [0.717, 1.165) is 36.7 Å². The molecule has 0 saturated heterocycles. The van der Waals surface area contributed by atoms with Gasteiger partial charge in [0.2, 0.25) is 0 Å². The van der Waals surface area contributed by atoms with E-state index in [1.807, 2.05) is 0 Å². The Bertz CT molecular complexity index is 1230. The van der Waals surface area contributed by atoms with Gasteiger partial charge in [-0.05, 0) is 55.3 Å². The van der Waals surface area contributed by atoms with Gasteiger partial charge in [0.25, 0.3) is 0 Å². The molecule has 0 amide bonds. The molecule has 3 aromatic rings. The van der Waals surface area contributed by atoms with Crippen molar-refractivity contribution in [3.8, 4) is 0 Å². The van der Waals surface area contributed by atoms with Gasteiger partial charge in [-0.2, -0.15) is 13.2 Å². The molecule has 0 unspecified atom stereocenters. The second kappa shape index (κ2) is 8.36. The third-order valence-corrected chi connectivity index (χ3v) is 6.77. The van der Waals surface area contributed by atoms with Crippen molar-refractivity contribution in [2.24, 2.45) is 5.92 Å². The first-order valence-electron chi connectivity index (χ1n) is 10.5. The maximum Gasteiger partial charge on any atom is 0.416 e. The number of fused-ring (bicyclic) bond motifs is 1. The highest BCUT2D eigenvalue weighted by molar-refractivity contribution is 7.99. The molecule has 2 saturated carbocycles. The summed E-state index contributed by atoms with van der Waals surface area (Å²) >= 11 is 1.04. The average Bonchev–Trinajstić information content (AvgIpc) is 3.41. The van der Waals surface area contributed by atoms with Crippen molar-refractivity contribution < 1.29 is 33.3 Å². The number of carbonyl (C=O) groups is 1. The van der Waals surface area contributed by atoms with Gasteiger partial charge in [0.15, 0.2) is 22.1 Å². The van der Waals surface area contributed by atoms with E-state index in [2.05, 4.69) is 25.6 Å². The maximum absolute atomic E-state index is 12.9. The van der Waals surface area contributed by atoms with Gasteiger partial charge in [0, 0.05) is 10.9 Å². The highest BCUT2D eigenvalue weighted by Crippen LogP contribution is 2.38. The fourth-order valence-corrected chi connectivity index (χ4v) is 4.67. The second-order valence-electron chi connectivity index (χ2n) is 8.33. The lowest BCUT2D eigenvalue weighted by Gasteiger charge is -2.16. The van der Waals surface area contributed by atoms with Crippen LogP contribution in [0.25, 0.3) is 11.2 Å². The van der Waals surface area contributed by atoms with Crippen LogP contribution in [0.3, 0.4) is 0 Å². The van der Waals surface area contributed by atoms with Gasteiger partial charge in [-0.3, -0.25) is 4.79 Å². The molecule has 1 aromatic carbocycles. The molecule has 10 nitrogen and oxygen atoms in total. The van der Waals surface area contributed by atoms with E-state index in [4.69, 9.17) is 0 Å². The van der Waals surface area contributed by atoms with Crippen molar-refractivity contribution in [2.75, 3.05) is 5.32 Å². The Kier molecular flexibility index (Phi) is 5.61. The van der Waals surface area contributed by atoms with Crippen LogP contribution >= 0.6 is 11.8 Å². The Hall–Kier alpha value is -2.97. The molecule has 5 rings (SSSR count). The fourth-order valence-electron chi connectivity index (χ4n) is 3.91. The van der Waals surface area contributed by atoms with Gasteiger partial charge in [0.1, 0.15) is 6.10 Å². The number of halogens is 3. The number of aliphatic hydroxyl groups excluding tert-OH is 2. The molecule has 2 aliphatic carbocycles. The summed E-state index contributed by atoms with van der Waals surface area (Å²) in [5.74, 6) is -2.02. The van der Waals surface area contributed by atoms with Gasteiger partial charge in [-0.15, -0.1) is 5.10 Å². The van der Waals surface area contributed by atoms with Crippen LogP contribution < -0.4 is 5.32 Å². The molecule has 180 valence electrons. The molecule has 2 aromatic heterocycles. The van der Waals surface area contributed by atoms with E-state index in [1.165, 1.54) is 16.8 Å². The van der Waals surface area contributed by atoms with Crippen molar-refractivity contribution in [1.29, 1.82) is 0 Å². The molecular formula is C20H19F3N6O4S. The molecule has 2 heterocycles. The van der Waals surface area contributed by atoms with Crippen LogP contribution in [0.4, 0.5) is 19.0 Å². The van der Waals surface area contributed by atoms with Gasteiger partial charge >= 0.3 is 12.1 Å². The van der Waals surface area contributed by atoms with Gasteiger partial charge in [-0.1, -0.05) is 5.21 Å². The summed E-state index contributed by atoms with van der Waals surface area (Å²) < 4.78 is 39.9. The summed E-state index contributed by atoms with van der Waals surface area (Å²) in [6.07, 6.45) is -5.52. The minimum Gasteiger partial charge on any atom is -0.481 e. The number of alkyl halides is 3. The van der Waals surface area contributed by atoms with E-state index in [1.54, 1.807) is 0 Å². The fraction of sp³-hybridized carbons (Fsp3) is 0.450. The SMILES string of the molecule is O=C(O)[C@H]1C[C@@H](n2nnc3c(NC4CC4)nc(Sc4ccc(C(F)(F)F)cc4)nc32)[C@H](O)[C@@H]1O. The number of rotatable bonds is 6. The number of nitrogens with one attached hydrogen (secondary N) is 1. The molecule has 0 radical (unpaired) electrons. The lowest BCUT2D eigenvalue weighted by atomic mass is 10.1.